The lowest BCUT2D eigenvalue weighted by molar-refractivity contribution is 0.0950. The molecule has 0 aliphatic heterocycles. The van der Waals surface area contributed by atoms with Gasteiger partial charge in [-0.15, -0.1) is 0 Å². The summed E-state index contributed by atoms with van der Waals surface area (Å²) in [5.41, 5.74) is 7.24. The number of carbonyl (C=O) groups is 1. The van der Waals surface area contributed by atoms with Crippen LogP contribution >= 0.6 is 0 Å². The summed E-state index contributed by atoms with van der Waals surface area (Å²) in [5, 5.41) is 10.3. The Morgan fingerprint density at radius 1 is 1.21 bits per heavy atom. The molecule has 0 aliphatic carbocycles. The number of hydrogen-bond acceptors (Lipinski definition) is 5. The minimum Gasteiger partial charge on any atom is -0.492 e. The van der Waals surface area contributed by atoms with Gasteiger partial charge >= 0.3 is 0 Å². The monoisotopic (exact) mass is 422 g/mol. The summed E-state index contributed by atoms with van der Waals surface area (Å²) in [6, 6.07) is 8.91. The van der Waals surface area contributed by atoms with E-state index in [0.29, 0.717) is 28.0 Å². The third kappa shape index (κ3) is 6.84. The third-order valence-corrected chi connectivity index (χ3v) is 4.69. The molecule has 10 heteroatoms. The van der Waals surface area contributed by atoms with E-state index in [9.17, 15) is 17.6 Å². The number of carbonyl (C=O) groups excluding carboxylic acids is 1. The Kier molecular flexibility index (Phi) is 7.29. The predicted octanol–water partition coefficient (Wildman–Crippen LogP) is 1.28. The number of nitrogen functional groups attached to an aromatic ring is 1. The van der Waals surface area contributed by atoms with Crippen LogP contribution in [0.15, 0.2) is 36.4 Å². The van der Waals surface area contributed by atoms with Crippen molar-refractivity contribution in [2.45, 2.75) is 13.5 Å². The molecule has 0 bridgehead atoms. The second-order valence-electron chi connectivity index (χ2n) is 6.40. The van der Waals surface area contributed by atoms with E-state index in [2.05, 4.69) is 10.0 Å². The molecular weight excluding hydrogens is 399 g/mol. The van der Waals surface area contributed by atoms with Crippen molar-refractivity contribution >= 4 is 21.8 Å². The lowest BCUT2D eigenvalue weighted by Crippen LogP contribution is -2.27. The molecule has 0 radical (unpaired) electrons. The molecule has 5 N–H and O–H groups in total. The van der Waals surface area contributed by atoms with E-state index in [-0.39, 0.29) is 37.3 Å². The van der Waals surface area contributed by atoms with Crippen LogP contribution in [0.2, 0.25) is 0 Å². The van der Waals surface area contributed by atoms with Crippen LogP contribution in [0.5, 0.6) is 5.75 Å². The van der Waals surface area contributed by atoms with Crippen molar-refractivity contribution in [2.24, 2.45) is 5.73 Å². The van der Waals surface area contributed by atoms with Crippen LogP contribution in [0.4, 0.5) is 4.39 Å². The van der Waals surface area contributed by atoms with Gasteiger partial charge in [0.15, 0.2) is 0 Å². The standard InChI is InChI=1S/C19H23FN4O4S/c1-12-9-14(5-6-16(12)20)19(25)23-11-15-4-3-13(18(21)22)10-17(15)28-8-7-24-29(2,26)27/h3-6,9-10,24H,7-8,11H2,1-2H3,(H3,21,22)(H,23,25). The number of halogens is 1. The zero-order valence-electron chi connectivity index (χ0n) is 16.1. The van der Waals surface area contributed by atoms with E-state index in [1.165, 1.54) is 18.2 Å². The van der Waals surface area contributed by atoms with Gasteiger partial charge in [-0.25, -0.2) is 17.5 Å². The Balaban J connectivity index is 2.10. The first kappa shape index (κ1) is 22.3. The highest BCUT2D eigenvalue weighted by atomic mass is 32.2. The normalized spacial score (nSPS) is 11.1. The molecule has 2 aromatic carbocycles. The molecule has 0 spiro atoms. The molecular formula is C19H23FN4O4S. The number of amidine groups is 1. The number of hydrogen-bond donors (Lipinski definition) is 4. The van der Waals surface area contributed by atoms with E-state index in [0.717, 1.165) is 6.26 Å². The Morgan fingerprint density at radius 3 is 2.52 bits per heavy atom. The Hall–Kier alpha value is -2.98. The second kappa shape index (κ2) is 9.48. The first-order valence-electron chi connectivity index (χ1n) is 8.66. The molecule has 0 saturated carbocycles. The third-order valence-electron chi connectivity index (χ3n) is 3.96. The summed E-state index contributed by atoms with van der Waals surface area (Å²) in [5.74, 6) is -0.557. The molecule has 0 aromatic heterocycles. The molecule has 0 saturated heterocycles. The minimum atomic E-state index is -3.34. The van der Waals surface area contributed by atoms with Gasteiger partial charge in [-0.05, 0) is 36.8 Å². The maximum atomic E-state index is 13.4. The first-order valence-corrected chi connectivity index (χ1v) is 10.5. The van der Waals surface area contributed by atoms with Gasteiger partial charge in [0.2, 0.25) is 10.0 Å². The smallest absolute Gasteiger partial charge is 0.251 e. The van der Waals surface area contributed by atoms with Gasteiger partial charge in [-0.3, -0.25) is 10.2 Å². The molecule has 8 nitrogen and oxygen atoms in total. The zero-order valence-corrected chi connectivity index (χ0v) is 16.9. The lowest BCUT2D eigenvalue weighted by Gasteiger charge is -2.14. The van der Waals surface area contributed by atoms with Crippen molar-refractivity contribution in [1.82, 2.24) is 10.0 Å². The Morgan fingerprint density at radius 2 is 1.90 bits per heavy atom. The van der Waals surface area contributed by atoms with Crippen LogP contribution in [0.25, 0.3) is 0 Å². The summed E-state index contributed by atoms with van der Waals surface area (Å²) in [7, 11) is -3.34. The average molecular weight is 422 g/mol. The van der Waals surface area contributed by atoms with Gasteiger partial charge in [-0.1, -0.05) is 12.1 Å². The summed E-state index contributed by atoms with van der Waals surface area (Å²) in [6.45, 7) is 1.79. The molecule has 1 amide bonds. The molecule has 156 valence electrons. The SMILES string of the molecule is Cc1cc(C(=O)NCc2ccc(C(=N)N)cc2OCCNS(C)(=O)=O)ccc1F. The van der Waals surface area contributed by atoms with E-state index in [1.54, 1.807) is 25.1 Å². The van der Waals surface area contributed by atoms with Gasteiger partial charge in [0.05, 0.1) is 6.26 Å². The predicted molar refractivity (Wildman–Crippen MR) is 108 cm³/mol. The van der Waals surface area contributed by atoms with E-state index in [1.807, 2.05) is 0 Å². The van der Waals surface area contributed by atoms with Crippen LogP contribution in [-0.4, -0.2) is 39.6 Å². The van der Waals surface area contributed by atoms with Crippen LogP contribution in [0.1, 0.15) is 27.0 Å². The highest BCUT2D eigenvalue weighted by Gasteiger charge is 2.12. The first-order chi connectivity index (χ1) is 13.6. The van der Waals surface area contributed by atoms with Crippen LogP contribution in [0.3, 0.4) is 0 Å². The number of amides is 1. The molecule has 0 aliphatic rings. The minimum absolute atomic E-state index is 0.0481. The van der Waals surface area contributed by atoms with Crippen molar-refractivity contribution in [3.63, 3.8) is 0 Å². The van der Waals surface area contributed by atoms with Crippen LogP contribution < -0.4 is 20.5 Å². The van der Waals surface area contributed by atoms with Gasteiger partial charge in [0, 0.05) is 29.8 Å². The van der Waals surface area contributed by atoms with Crippen molar-refractivity contribution in [1.29, 1.82) is 5.41 Å². The van der Waals surface area contributed by atoms with E-state index in [4.69, 9.17) is 15.9 Å². The number of nitrogens with two attached hydrogens (primary N) is 1. The zero-order chi connectivity index (χ0) is 21.6. The van der Waals surface area contributed by atoms with Gasteiger partial charge in [0.25, 0.3) is 5.91 Å². The Labute approximate surface area is 168 Å². The fraction of sp³-hybridized carbons (Fsp3) is 0.263. The van der Waals surface area contributed by atoms with Gasteiger partial charge < -0.3 is 15.8 Å². The molecule has 29 heavy (non-hydrogen) atoms. The summed E-state index contributed by atoms with van der Waals surface area (Å²) in [6.07, 6.45) is 1.04. The van der Waals surface area contributed by atoms with Gasteiger partial charge in [-0.2, -0.15) is 0 Å². The number of rotatable bonds is 9. The van der Waals surface area contributed by atoms with Gasteiger partial charge in [0.1, 0.15) is 24.0 Å². The summed E-state index contributed by atoms with van der Waals surface area (Å²) >= 11 is 0. The Bertz CT molecular complexity index is 1020. The molecule has 2 rings (SSSR count). The fourth-order valence-corrected chi connectivity index (χ4v) is 2.91. The maximum Gasteiger partial charge on any atom is 0.251 e. The highest BCUT2D eigenvalue weighted by Crippen LogP contribution is 2.21. The van der Waals surface area contributed by atoms with Crippen molar-refractivity contribution in [3.8, 4) is 5.75 Å². The largest absolute Gasteiger partial charge is 0.492 e. The molecule has 0 unspecified atom stereocenters. The van der Waals surface area contributed by atoms with Crippen molar-refractivity contribution in [3.05, 3.63) is 64.5 Å². The van der Waals surface area contributed by atoms with Crippen molar-refractivity contribution < 1.29 is 22.3 Å². The highest BCUT2D eigenvalue weighted by molar-refractivity contribution is 7.88. The van der Waals surface area contributed by atoms with Crippen molar-refractivity contribution in [2.75, 3.05) is 19.4 Å². The second-order valence-corrected chi connectivity index (χ2v) is 8.23. The molecule has 0 fully saturated rings. The number of aryl methyl sites for hydroxylation is 1. The quantitative estimate of drug-likeness (QED) is 0.274. The number of ether oxygens (including phenoxy) is 1. The van der Waals surface area contributed by atoms with Crippen LogP contribution in [0, 0.1) is 18.2 Å². The lowest BCUT2D eigenvalue weighted by atomic mass is 10.1. The van der Waals surface area contributed by atoms with E-state index >= 15 is 0 Å². The summed E-state index contributed by atoms with van der Waals surface area (Å²) < 4.78 is 43.6. The summed E-state index contributed by atoms with van der Waals surface area (Å²) in [4.78, 5) is 12.3. The van der Waals surface area contributed by atoms with Crippen LogP contribution in [-0.2, 0) is 16.6 Å². The number of benzene rings is 2. The molecule has 0 heterocycles. The molecule has 2 aromatic rings. The van der Waals surface area contributed by atoms with E-state index < -0.39 is 10.0 Å². The topological polar surface area (TPSA) is 134 Å². The maximum absolute atomic E-state index is 13.4. The fourth-order valence-electron chi connectivity index (χ4n) is 2.45. The number of sulfonamides is 1. The molecule has 0 atom stereocenters. The average Bonchev–Trinajstić information content (AvgIpc) is 2.65. The number of nitrogens with one attached hydrogen (secondary N) is 3.